The Morgan fingerprint density at radius 2 is 2.20 bits per heavy atom. The fourth-order valence-corrected chi connectivity index (χ4v) is 1.90. The summed E-state index contributed by atoms with van der Waals surface area (Å²) < 4.78 is 63.5. The maximum atomic E-state index is 12.9. The van der Waals surface area contributed by atoms with E-state index >= 15 is 0 Å². The van der Waals surface area contributed by atoms with E-state index in [1.807, 2.05) is 5.32 Å². The van der Waals surface area contributed by atoms with Gasteiger partial charge in [0.2, 0.25) is 5.91 Å². The molecule has 102 valence electrons. The lowest BCUT2D eigenvalue weighted by atomic mass is 10.0. The maximum Gasteiger partial charge on any atom is 0.264 e. The molecule has 0 unspecified atom stereocenters. The minimum Gasteiger partial charge on any atom is -0.398 e. The third-order valence-electron chi connectivity index (χ3n) is 2.77. The second-order valence-corrected chi connectivity index (χ2v) is 4.02. The van der Waals surface area contributed by atoms with Crippen LogP contribution in [0.4, 0.5) is 5.69 Å². The number of nitrogen functional groups attached to an aromatic ring is 1. The highest BCUT2D eigenvalue weighted by atomic mass is 16.2. The van der Waals surface area contributed by atoms with Crippen LogP contribution in [-0.4, -0.2) is 28.6 Å². The summed E-state index contributed by atoms with van der Waals surface area (Å²) in [5.74, 6) is -4.41. The molecule has 1 aromatic rings. The minimum absolute atomic E-state index is 0.120. The number of benzene rings is 1. The zero-order chi connectivity index (χ0) is 21.6. The number of imide groups is 1. The normalized spacial score (nSPS) is 36.5. The molecule has 0 spiro atoms. The highest BCUT2D eigenvalue weighted by Gasteiger charge is 2.44. The van der Waals surface area contributed by atoms with Gasteiger partial charge in [-0.05, 0) is 24.8 Å². The SMILES string of the molecule is [2H]c1c([2H])c(N)c2c(c1[2H])C(=O)N([C@@]1([2H])C(=O)NC(=C)C([2H])([2H])C1([2H])[2H])C2=O. The first kappa shape index (κ1) is 6.21. The van der Waals surface area contributed by atoms with Crippen LogP contribution < -0.4 is 11.1 Å². The van der Waals surface area contributed by atoms with Gasteiger partial charge in [0.1, 0.15) is 6.02 Å². The monoisotopic (exact) mass is 279 g/mol. The molecule has 0 radical (unpaired) electrons. The van der Waals surface area contributed by atoms with Crippen LogP contribution >= 0.6 is 0 Å². The molecule has 0 saturated carbocycles. The minimum atomic E-state index is -3.43. The number of allylic oxidation sites excluding steroid dienone is 1. The van der Waals surface area contributed by atoms with Crippen LogP contribution in [0.15, 0.2) is 30.4 Å². The quantitative estimate of drug-likeness (QED) is 0.583. The fourth-order valence-electron chi connectivity index (χ4n) is 1.90. The van der Waals surface area contributed by atoms with Gasteiger partial charge in [-0.2, -0.15) is 0 Å². The summed E-state index contributed by atoms with van der Waals surface area (Å²) in [6, 6.07) is -5.74. The van der Waals surface area contributed by atoms with E-state index in [9.17, 15) is 14.4 Å². The van der Waals surface area contributed by atoms with E-state index in [0.29, 0.717) is 0 Å². The molecule has 1 aromatic carbocycles. The van der Waals surface area contributed by atoms with Crippen molar-refractivity contribution >= 4 is 23.4 Å². The summed E-state index contributed by atoms with van der Waals surface area (Å²) in [6.07, 6.45) is -6.47. The van der Waals surface area contributed by atoms with Crippen molar-refractivity contribution in [2.45, 2.75) is 18.8 Å². The Bertz CT molecular complexity index is 961. The number of hydrogen-bond donors (Lipinski definition) is 2. The number of carbonyl (C=O) groups excluding carboxylic acids is 3. The van der Waals surface area contributed by atoms with Gasteiger partial charge in [-0.1, -0.05) is 12.6 Å². The maximum absolute atomic E-state index is 12.9. The van der Waals surface area contributed by atoms with Gasteiger partial charge in [0.05, 0.1) is 16.6 Å². The average Bonchev–Trinajstić information content (AvgIpc) is 2.86. The van der Waals surface area contributed by atoms with Crippen molar-refractivity contribution in [3.05, 3.63) is 41.5 Å². The first-order valence-electron chi connectivity index (χ1n) is 9.43. The van der Waals surface area contributed by atoms with Crippen molar-refractivity contribution in [3.8, 4) is 0 Å². The molecule has 6 nitrogen and oxygen atoms in total. The predicted octanol–water partition coefficient (Wildman–Crippen LogP) is 0.657. The summed E-state index contributed by atoms with van der Waals surface area (Å²) in [5.41, 5.74) is 2.87. The summed E-state index contributed by atoms with van der Waals surface area (Å²) in [5, 5.41) is 1.88. The van der Waals surface area contributed by atoms with E-state index in [4.69, 9.17) is 16.7 Å². The number of anilines is 1. The Morgan fingerprint density at radius 3 is 2.95 bits per heavy atom. The van der Waals surface area contributed by atoms with Gasteiger partial charge in [0, 0.05) is 16.9 Å². The Balaban J connectivity index is 2.31. The number of piperidine rings is 1. The van der Waals surface area contributed by atoms with Crippen molar-refractivity contribution in [1.82, 2.24) is 10.2 Å². The van der Waals surface area contributed by atoms with E-state index < -0.39 is 77.1 Å². The molecule has 20 heavy (non-hydrogen) atoms. The zero-order valence-electron chi connectivity index (χ0n) is 18.0. The van der Waals surface area contributed by atoms with Crippen LogP contribution in [0.1, 0.15) is 44.4 Å². The highest BCUT2D eigenvalue weighted by molar-refractivity contribution is 6.25. The van der Waals surface area contributed by atoms with Crippen molar-refractivity contribution < 1.29 is 25.3 Å². The second kappa shape index (κ2) is 4.19. The zero-order valence-corrected chi connectivity index (χ0v) is 9.96. The molecule has 2 aliphatic rings. The number of nitrogens with one attached hydrogen (secondary N) is 1. The molecule has 3 N–H and O–H groups in total. The molecule has 1 saturated heterocycles. The van der Waals surface area contributed by atoms with Gasteiger partial charge < -0.3 is 11.1 Å². The Hall–Kier alpha value is -2.63. The Kier molecular flexibility index (Phi) is 1.30. The molecular formula is C14H13N3O3. The third kappa shape index (κ3) is 1.61. The Morgan fingerprint density at radius 1 is 1.45 bits per heavy atom. The molecule has 0 aromatic heterocycles. The fraction of sp³-hybridized carbons (Fsp3) is 0.214. The Labute approximate surface area is 126 Å². The number of nitrogens with zero attached hydrogens (tertiary/aromatic N) is 1. The summed E-state index contributed by atoms with van der Waals surface area (Å²) >= 11 is 0. The topological polar surface area (TPSA) is 92.5 Å². The molecular weight excluding hydrogens is 258 g/mol. The number of amides is 3. The van der Waals surface area contributed by atoms with Gasteiger partial charge in [0.15, 0.2) is 0 Å². The second-order valence-electron chi connectivity index (χ2n) is 4.02. The lowest BCUT2D eigenvalue weighted by molar-refractivity contribution is -0.125. The molecule has 2 heterocycles. The van der Waals surface area contributed by atoms with Gasteiger partial charge in [-0.25, -0.2) is 0 Å². The van der Waals surface area contributed by atoms with Crippen LogP contribution in [0.2, 0.25) is 0 Å². The summed E-state index contributed by atoms with van der Waals surface area (Å²) in [7, 11) is 0. The molecule has 2 aliphatic heterocycles. The first-order chi connectivity index (χ1) is 12.6. The molecule has 0 aliphatic carbocycles. The van der Waals surface area contributed by atoms with Gasteiger partial charge in [-0.3, -0.25) is 19.3 Å². The molecule has 1 fully saturated rings. The highest BCUT2D eigenvalue weighted by Crippen LogP contribution is 2.31. The van der Waals surface area contributed by atoms with Gasteiger partial charge in [0.25, 0.3) is 11.8 Å². The number of carbonyl (C=O) groups is 3. The van der Waals surface area contributed by atoms with Crippen LogP contribution in [0.25, 0.3) is 0 Å². The van der Waals surface area contributed by atoms with E-state index in [1.165, 1.54) is 0 Å². The van der Waals surface area contributed by atoms with Gasteiger partial charge in [-0.15, -0.1) is 0 Å². The lowest BCUT2D eigenvalue weighted by Gasteiger charge is -2.29. The predicted molar refractivity (Wildman–Crippen MR) is 71.7 cm³/mol. The molecule has 6 heteroatoms. The average molecular weight is 279 g/mol. The summed E-state index contributed by atoms with van der Waals surface area (Å²) in [4.78, 5) is 38.1. The number of fused-ring (bicyclic) bond motifs is 1. The van der Waals surface area contributed by atoms with Crippen molar-refractivity contribution in [2.75, 3.05) is 5.73 Å². The van der Waals surface area contributed by atoms with Crippen molar-refractivity contribution in [1.29, 1.82) is 0 Å². The van der Waals surface area contributed by atoms with Crippen molar-refractivity contribution in [2.24, 2.45) is 0 Å². The van der Waals surface area contributed by atoms with Crippen LogP contribution in [-0.2, 0) is 4.79 Å². The number of rotatable bonds is 1. The molecule has 3 amide bonds. The van der Waals surface area contributed by atoms with Crippen LogP contribution in [0.5, 0.6) is 0 Å². The van der Waals surface area contributed by atoms with Crippen molar-refractivity contribution in [3.63, 3.8) is 0 Å². The standard InChI is InChI=1S/C14H13N3O3/c1-7-5-6-10(12(18)16-7)17-13(19)8-3-2-4-9(15)11(8)14(17)20/h2-4,10H,1,5-6,15H2,(H,16,18)/t10-/m1/s1/i2D,3D,4D,5D2,6D2,10D. The first-order valence-corrected chi connectivity index (χ1v) is 5.43. The molecule has 3 rings (SSSR count). The number of nitrogens with two attached hydrogens (primary N) is 1. The lowest BCUT2D eigenvalue weighted by Crippen LogP contribution is -2.51. The molecule has 0 bridgehead atoms. The van der Waals surface area contributed by atoms with E-state index in [-0.39, 0.29) is 4.90 Å². The number of hydrogen-bond acceptors (Lipinski definition) is 4. The summed E-state index contributed by atoms with van der Waals surface area (Å²) in [6.45, 7) is 3.22. The van der Waals surface area contributed by atoms with Crippen LogP contribution in [0, 0.1) is 0 Å². The largest absolute Gasteiger partial charge is 0.398 e. The van der Waals surface area contributed by atoms with E-state index in [1.54, 1.807) is 0 Å². The van der Waals surface area contributed by atoms with E-state index in [0.717, 1.165) is 0 Å². The smallest absolute Gasteiger partial charge is 0.264 e. The third-order valence-corrected chi connectivity index (χ3v) is 2.77. The van der Waals surface area contributed by atoms with Gasteiger partial charge >= 0.3 is 0 Å². The van der Waals surface area contributed by atoms with E-state index in [2.05, 4.69) is 6.58 Å². The molecule has 1 atom stereocenters. The van der Waals surface area contributed by atoms with Crippen LogP contribution in [0.3, 0.4) is 0 Å².